The molecule has 2 aromatic rings. The molecule has 0 aliphatic carbocycles. The molecule has 0 heterocycles. The molecule has 0 spiro atoms. The topological polar surface area (TPSA) is 32.3 Å². The molecule has 0 saturated heterocycles. The number of hydrogen-bond donors (Lipinski definition) is 2. The minimum Gasteiger partial charge on any atom is -0.387 e. The molecule has 0 radical (unpaired) electrons. The van der Waals surface area contributed by atoms with Crippen molar-refractivity contribution in [2.45, 2.75) is 26.0 Å². The van der Waals surface area contributed by atoms with Crippen LogP contribution in [0, 0.1) is 18.6 Å². The molecule has 0 fully saturated rings. The Morgan fingerprint density at radius 3 is 2.48 bits per heavy atom. The average molecular weight is 291 g/mol. The van der Waals surface area contributed by atoms with Crippen LogP contribution in [0.4, 0.5) is 8.78 Å². The maximum absolute atomic E-state index is 13.1. The molecule has 0 aromatic heterocycles. The Morgan fingerprint density at radius 2 is 1.81 bits per heavy atom. The molecular formula is C17H19F2NO. The zero-order valence-electron chi connectivity index (χ0n) is 12.1. The summed E-state index contributed by atoms with van der Waals surface area (Å²) in [6, 6.07) is 11.5. The van der Waals surface area contributed by atoms with Crippen molar-refractivity contribution in [2.24, 2.45) is 0 Å². The number of halogens is 2. The van der Waals surface area contributed by atoms with E-state index in [1.807, 2.05) is 38.1 Å². The zero-order chi connectivity index (χ0) is 15.4. The van der Waals surface area contributed by atoms with Gasteiger partial charge < -0.3 is 10.4 Å². The van der Waals surface area contributed by atoms with E-state index in [9.17, 15) is 13.9 Å². The van der Waals surface area contributed by atoms with E-state index in [-0.39, 0.29) is 12.6 Å². The Bertz CT molecular complexity index is 615. The van der Waals surface area contributed by atoms with Crippen molar-refractivity contribution < 1.29 is 13.9 Å². The number of rotatable bonds is 5. The molecule has 2 rings (SSSR count). The first-order chi connectivity index (χ1) is 9.99. The zero-order valence-corrected chi connectivity index (χ0v) is 12.1. The molecule has 21 heavy (non-hydrogen) atoms. The highest BCUT2D eigenvalue weighted by atomic mass is 19.2. The molecule has 112 valence electrons. The highest BCUT2D eigenvalue weighted by molar-refractivity contribution is 5.28. The van der Waals surface area contributed by atoms with Crippen LogP contribution in [0.2, 0.25) is 0 Å². The number of aryl methyl sites for hydroxylation is 1. The van der Waals surface area contributed by atoms with E-state index in [0.29, 0.717) is 5.56 Å². The van der Waals surface area contributed by atoms with Gasteiger partial charge in [0, 0.05) is 12.6 Å². The SMILES string of the molecule is Cc1ccccc1[C@H](C)NCC(O)c1ccc(F)c(F)c1. The van der Waals surface area contributed by atoms with Gasteiger partial charge in [-0.1, -0.05) is 30.3 Å². The second-order valence-electron chi connectivity index (χ2n) is 5.18. The summed E-state index contributed by atoms with van der Waals surface area (Å²) in [5.41, 5.74) is 2.67. The lowest BCUT2D eigenvalue weighted by Gasteiger charge is -2.19. The van der Waals surface area contributed by atoms with Crippen molar-refractivity contribution in [3.8, 4) is 0 Å². The first-order valence-electron chi connectivity index (χ1n) is 6.91. The van der Waals surface area contributed by atoms with Gasteiger partial charge in [0.2, 0.25) is 0 Å². The molecule has 0 aliphatic rings. The maximum Gasteiger partial charge on any atom is 0.159 e. The Kier molecular flexibility index (Phi) is 5.04. The van der Waals surface area contributed by atoms with Gasteiger partial charge in [0.25, 0.3) is 0 Å². The van der Waals surface area contributed by atoms with Crippen molar-refractivity contribution in [3.63, 3.8) is 0 Å². The van der Waals surface area contributed by atoms with Gasteiger partial charge in [-0.3, -0.25) is 0 Å². The lowest BCUT2D eigenvalue weighted by Crippen LogP contribution is -2.25. The van der Waals surface area contributed by atoms with Crippen LogP contribution in [-0.4, -0.2) is 11.7 Å². The molecule has 0 amide bonds. The van der Waals surface area contributed by atoms with Crippen molar-refractivity contribution in [3.05, 3.63) is 70.8 Å². The fourth-order valence-corrected chi connectivity index (χ4v) is 2.31. The summed E-state index contributed by atoms with van der Waals surface area (Å²) in [7, 11) is 0. The number of hydrogen-bond acceptors (Lipinski definition) is 2. The monoisotopic (exact) mass is 291 g/mol. The van der Waals surface area contributed by atoms with E-state index in [1.54, 1.807) is 0 Å². The molecule has 0 bridgehead atoms. The Hall–Kier alpha value is -1.78. The number of benzene rings is 2. The Labute approximate surface area is 123 Å². The molecule has 2 nitrogen and oxygen atoms in total. The minimum absolute atomic E-state index is 0.0612. The summed E-state index contributed by atoms with van der Waals surface area (Å²) in [5.74, 6) is -1.86. The summed E-state index contributed by atoms with van der Waals surface area (Å²) in [5, 5.41) is 13.3. The van der Waals surface area contributed by atoms with Gasteiger partial charge in [0.05, 0.1) is 6.10 Å². The number of aliphatic hydroxyl groups is 1. The van der Waals surface area contributed by atoms with E-state index < -0.39 is 17.7 Å². The van der Waals surface area contributed by atoms with Crippen LogP contribution in [-0.2, 0) is 0 Å². The second kappa shape index (κ2) is 6.78. The van der Waals surface area contributed by atoms with Crippen LogP contribution in [0.25, 0.3) is 0 Å². The van der Waals surface area contributed by atoms with Crippen molar-refractivity contribution >= 4 is 0 Å². The Balaban J connectivity index is 1.99. The van der Waals surface area contributed by atoms with Crippen molar-refractivity contribution in [2.75, 3.05) is 6.54 Å². The first kappa shape index (κ1) is 15.6. The third kappa shape index (κ3) is 3.86. The molecule has 1 unspecified atom stereocenters. The quantitative estimate of drug-likeness (QED) is 0.881. The standard InChI is InChI=1S/C17H19F2NO/c1-11-5-3-4-6-14(11)12(2)20-10-17(21)13-7-8-15(18)16(19)9-13/h3-9,12,17,20-21H,10H2,1-2H3/t12-,17?/m0/s1. The van der Waals surface area contributed by atoms with Crippen LogP contribution < -0.4 is 5.32 Å². The van der Waals surface area contributed by atoms with Crippen molar-refractivity contribution in [1.29, 1.82) is 0 Å². The van der Waals surface area contributed by atoms with E-state index in [2.05, 4.69) is 5.32 Å². The highest BCUT2D eigenvalue weighted by Crippen LogP contribution is 2.19. The smallest absolute Gasteiger partial charge is 0.159 e. The summed E-state index contributed by atoms with van der Waals surface area (Å²) in [4.78, 5) is 0. The predicted octanol–water partition coefficient (Wildman–Crippen LogP) is 3.66. The second-order valence-corrected chi connectivity index (χ2v) is 5.18. The number of aliphatic hydroxyl groups excluding tert-OH is 1. The third-order valence-electron chi connectivity index (χ3n) is 3.60. The molecule has 2 aromatic carbocycles. The lowest BCUT2D eigenvalue weighted by atomic mass is 10.0. The van der Waals surface area contributed by atoms with Gasteiger partial charge >= 0.3 is 0 Å². The fraction of sp³-hybridized carbons (Fsp3) is 0.294. The van der Waals surface area contributed by atoms with Gasteiger partial charge in [-0.05, 0) is 42.7 Å². The van der Waals surface area contributed by atoms with Crippen LogP contribution in [0.15, 0.2) is 42.5 Å². The normalized spacial score (nSPS) is 14.0. The van der Waals surface area contributed by atoms with Crippen LogP contribution in [0.3, 0.4) is 0 Å². The maximum atomic E-state index is 13.1. The molecule has 0 saturated carbocycles. The third-order valence-corrected chi connectivity index (χ3v) is 3.60. The van der Waals surface area contributed by atoms with E-state index in [0.717, 1.165) is 17.7 Å². The summed E-state index contributed by atoms with van der Waals surface area (Å²) < 4.78 is 26.0. The molecule has 2 atom stereocenters. The fourth-order valence-electron chi connectivity index (χ4n) is 2.31. The van der Waals surface area contributed by atoms with Gasteiger partial charge in [0.15, 0.2) is 11.6 Å². The summed E-state index contributed by atoms with van der Waals surface area (Å²) in [6.45, 7) is 4.29. The van der Waals surface area contributed by atoms with Gasteiger partial charge in [-0.25, -0.2) is 8.78 Å². The average Bonchev–Trinajstić information content (AvgIpc) is 2.47. The molecule has 0 aliphatic heterocycles. The summed E-state index contributed by atoms with van der Waals surface area (Å²) >= 11 is 0. The summed E-state index contributed by atoms with van der Waals surface area (Å²) in [6.07, 6.45) is -0.883. The van der Waals surface area contributed by atoms with Crippen LogP contribution >= 0.6 is 0 Å². The van der Waals surface area contributed by atoms with Crippen LogP contribution in [0.1, 0.15) is 35.8 Å². The van der Waals surface area contributed by atoms with Gasteiger partial charge in [0.1, 0.15) is 0 Å². The largest absolute Gasteiger partial charge is 0.387 e. The minimum atomic E-state index is -0.946. The first-order valence-corrected chi connectivity index (χ1v) is 6.91. The Morgan fingerprint density at radius 1 is 1.10 bits per heavy atom. The van der Waals surface area contributed by atoms with Crippen LogP contribution in [0.5, 0.6) is 0 Å². The van der Waals surface area contributed by atoms with Gasteiger partial charge in [-0.15, -0.1) is 0 Å². The van der Waals surface area contributed by atoms with E-state index >= 15 is 0 Å². The highest BCUT2D eigenvalue weighted by Gasteiger charge is 2.13. The molecular weight excluding hydrogens is 272 g/mol. The molecule has 4 heteroatoms. The van der Waals surface area contributed by atoms with E-state index in [1.165, 1.54) is 11.6 Å². The predicted molar refractivity (Wildman–Crippen MR) is 78.9 cm³/mol. The number of nitrogens with one attached hydrogen (secondary N) is 1. The van der Waals surface area contributed by atoms with Crippen molar-refractivity contribution in [1.82, 2.24) is 5.32 Å². The van der Waals surface area contributed by atoms with E-state index in [4.69, 9.17) is 0 Å². The molecule has 2 N–H and O–H groups in total. The lowest BCUT2D eigenvalue weighted by molar-refractivity contribution is 0.170. The van der Waals surface area contributed by atoms with Gasteiger partial charge in [-0.2, -0.15) is 0 Å².